The molecular weight excluding hydrogens is 333 g/mol. The standard InChI is InChI=1S/C9H5F2IN2O2/c10-8(11)5-1-4(2-7(15)16)6(3-13)14-9(5)12/h1,8H,2H2,(H,15,16). The predicted octanol–water partition coefficient (Wildman–Crippen LogP) is 2.12. The van der Waals surface area contributed by atoms with Crippen molar-refractivity contribution in [2.24, 2.45) is 0 Å². The summed E-state index contributed by atoms with van der Waals surface area (Å²) in [6, 6.07) is 2.70. The molecule has 0 bridgehead atoms. The Morgan fingerprint density at radius 1 is 1.69 bits per heavy atom. The Bertz CT molecular complexity index is 471. The van der Waals surface area contributed by atoms with Gasteiger partial charge in [0.25, 0.3) is 6.43 Å². The van der Waals surface area contributed by atoms with Crippen LogP contribution in [0.5, 0.6) is 0 Å². The van der Waals surface area contributed by atoms with Crippen molar-refractivity contribution in [3.8, 4) is 6.07 Å². The second-order valence-corrected chi connectivity index (χ2v) is 3.88. The van der Waals surface area contributed by atoms with Gasteiger partial charge < -0.3 is 5.11 Å². The van der Waals surface area contributed by atoms with E-state index < -0.39 is 18.8 Å². The van der Waals surface area contributed by atoms with E-state index in [2.05, 4.69) is 4.98 Å². The normalized spacial score (nSPS) is 10.2. The first-order valence-electron chi connectivity index (χ1n) is 4.05. The molecule has 0 fully saturated rings. The predicted molar refractivity (Wildman–Crippen MR) is 58.0 cm³/mol. The number of carboxylic acid groups (broad SMARTS) is 1. The lowest BCUT2D eigenvalue weighted by Gasteiger charge is -2.06. The molecule has 0 saturated carbocycles. The van der Waals surface area contributed by atoms with Gasteiger partial charge in [-0.25, -0.2) is 13.8 Å². The van der Waals surface area contributed by atoms with Gasteiger partial charge in [0.05, 0.1) is 12.0 Å². The van der Waals surface area contributed by atoms with E-state index in [0.717, 1.165) is 6.07 Å². The number of hydrogen-bond acceptors (Lipinski definition) is 3. The van der Waals surface area contributed by atoms with Crippen LogP contribution in [0.25, 0.3) is 0 Å². The number of aliphatic carboxylic acids is 1. The van der Waals surface area contributed by atoms with Gasteiger partial charge in [0, 0.05) is 5.56 Å². The maximum Gasteiger partial charge on any atom is 0.307 e. The Morgan fingerprint density at radius 2 is 2.31 bits per heavy atom. The molecule has 1 heterocycles. The van der Waals surface area contributed by atoms with Crippen molar-refractivity contribution in [3.05, 3.63) is 26.6 Å². The number of rotatable bonds is 3. The van der Waals surface area contributed by atoms with E-state index in [0.29, 0.717) is 0 Å². The number of nitrogens with zero attached hydrogens (tertiary/aromatic N) is 2. The molecule has 0 aliphatic heterocycles. The smallest absolute Gasteiger partial charge is 0.307 e. The summed E-state index contributed by atoms with van der Waals surface area (Å²) in [5, 5.41) is 17.2. The molecule has 7 heteroatoms. The van der Waals surface area contributed by atoms with Crippen LogP contribution in [0.1, 0.15) is 23.2 Å². The second-order valence-electron chi connectivity index (χ2n) is 2.86. The van der Waals surface area contributed by atoms with E-state index in [9.17, 15) is 13.6 Å². The minimum absolute atomic E-state index is 0.00529. The summed E-state index contributed by atoms with van der Waals surface area (Å²) in [5.41, 5.74) is -0.474. The fourth-order valence-electron chi connectivity index (χ4n) is 1.10. The van der Waals surface area contributed by atoms with Gasteiger partial charge in [0.15, 0.2) is 0 Å². The van der Waals surface area contributed by atoms with E-state index in [1.54, 1.807) is 28.7 Å². The molecule has 1 rings (SSSR count). The summed E-state index contributed by atoms with van der Waals surface area (Å²) in [4.78, 5) is 14.1. The summed E-state index contributed by atoms with van der Waals surface area (Å²) in [7, 11) is 0. The first-order chi connectivity index (χ1) is 7.45. The maximum atomic E-state index is 12.5. The largest absolute Gasteiger partial charge is 0.481 e. The fourth-order valence-corrected chi connectivity index (χ4v) is 1.73. The average Bonchev–Trinajstić information content (AvgIpc) is 2.18. The first-order valence-corrected chi connectivity index (χ1v) is 5.13. The van der Waals surface area contributed by atoms with Crippen LogP contribution in [-0.2, 0) is 11.2 Å². The molecule has 1 aromatic rings. The molecule has 0 aliphatic carbocycles. The summed E-state index contributed by atoms with van der Waals surface area (Å²) in [6.45, 7) is 0. The van der Waals surface area contributed by atoms with Gasteiger partial charge >= 0.3 is 5.97 Å². The molecule has 0 unspecified atom stereocenters. The number of halogens is 3. The molecule has 0 amide bonds. The topological polar surface area (TPSA) is 74.0 Å². The van der Waals surface area contributed by atoms with E-state index in [1.165, 1.54) is 0 Å². The summed E-state index contributed by atoms with van der Waals surface area (Å²) < 4.78 is 25.0. The number of pyridine rings is 1. The second kappa shape index (κ2) is 5.16. The van der Waals surface area contributed by atoms with Crippen molar-refractivity contribution in [2.75, 3.05) is 0 Å². The molecule has 1 N–H and O–H groups in total. The number of alkyl halides is 2. The lowest BCUT2D eigenvalue weighted by Crippen LogP contribution is -2.07. The first kappa shape index (κ1) is 12.8. The van der Waals surface area contributed by atoms with Crippen LogP contribution in [0, 0.1) is 15.0 Å². The third-order valence-corrected chi connectivity index (χ3v) is 2.63. The average molecular weight is 338 g/mol. The monoisotopic (exact) mass is 338 g/mol. The van der Waals surface area contributed by atoms with Crippen LogP contribution < -0.4 is 0 Å². The summed E-state index contributed by atoms with van der Waals surface area (Å²) in [5.74, 6) is -1.19. The molecule has 0 aromatic carbocycles. The van der Waals surface area contributed by atoms with E-state index in [-0.39, 0.29) is 20.5 Å². The summed E-state index contributed by atoms with van der Waals surface area (Å²) >= 11 is 1.59. The molecule has 1 aromatic heterocycles. The fraction of sp³-hybridized carbons (Fsp3) is 0.222. The van der Waals surface area contributed by atoms with Crippen LogP contribution >= 0.6 is 22.6 Å². The van der Waals surface area contributed by atoms with Crippen LogP contribution in [0.2, 0.25) is 0 Å². The van der Waals surface area contributed by atoms with E-state index >= 15 is 0 Å². The zero-order chi connectivity index (χ0) is 12.3. The number of carbonyl (C=O) groups is 1. The molecule has 0 aliphatic rings. The molecule has 0 atom stereocenters. The van der Waals surface area contributed by atoms with Gasteiger partial charge in [-0.3, -0.25) is 4.79 Å². The molecule has 0 saturated heterocycles. The highest BCUT2D eigenvalue weighted by molar-refractivity contribution is 14.1. The van der Waals surface area contributed by atoms with Crippen molar-refractivity contribution in [2.45, 2.75) is 12.8 Å². The van der Waals surface area contributed by atoms with Gasteiger partial charge in [-0.15, -0.1) is 0 Å². The van der Waals surface area contributed by atoms with Gasteiger partial charge in [0.2, 0.25) is 0 Å². The van der Waals surface area contributed by atoms with Crippen LogP contribution in [0.15, 0.2) is 6.07 Å². The van der Waals surface area contributed by atoms with E-state index in [4.69, 9.17) is 10.4 Å². The van der Waals surface area contributed by atoms with Crippen LogP contribution in [0.4, 0.5) is 8.78 Å². The molecular formula is C9H5F2IN2O2. The molecule has 16 heavy (non-hydrogen) atoms. The Hall–Kier alpha value is -1.30. The van der Waals surface area contributed by atoms with E-state index in [1.807, 2.05) is 0 Å². The minimum Gasteiger partial charge on any atom is -0.481 e. The van der Waals surface area contributed by atoms with Crippen molar-refractivity contribution >= 4 is 28.6 Å². The van der Waals surface area contributed by atoms with Crippen LogP contribution in [0.3, 0.4) is 0 Å². The Morgan fingerprint density at radius 3 is 2.75 bits per heavy atom. The molecule has 0 spiro atoms. The lowest BCUT2D eigenvalue weighted by atomic mass is 10.1. The van der Waals surface area contributed by atoms with Gasteiger partial charge in [-0.05, 0) is 28.7 Å². The van der Waals surface area contributed by atoms with Crippen molar-refractivity contribution in [3.63, 3.8) is 0 Å². The van der Waals surface area contributed by atoms with Crippen molar-refractivity contribution in [1.82, 2.24) is 4.98 Å². The van der Waals surface area contributed by atoms with Crippen LogP contribution in [-0.4, -0.2) is 16.1 Å². The third-order valence-electron chi connectivity index (χ3n) is 1.76. The highest BCUT2D eigenvalue weighted by Gasteiger charge is 2.18. The summed E-state index contributed by atoms with van der Waals surface area (Å²) in [6.07, 6.45) is -3.23. The number of hydrogen-bond donors (Lipinski definition) is 1. The number of aromatic nitrogens is 1. The highest BCUT2D eigenvalue weighted by atomic mass is 127. The number of nitriles is 1. The Kier molecular flexibility index (Phi) is 4.12. The maximum absolute atomic E-state index is 12.5. The Labute approximate surface area is 103 Å². The van der Waals surface area contributed by atoms with Crippen molar-refractivity contribution in [1.29, 1.82) is 5.26 Å². The number of carboxylic acids is 1. The molecule has 84 valence electrons. The molecule has 0 radical (unpaired) electrons. The molecule has 4 nitrogen and oxygen atoms in total. The van der Waals surface area contributed by atoms with Gasteiger partial charge in [0.1, 0.15) is 15.5 Å². The minimum atomic E-state index is -2.74. The zero-order valence-electron chi connectivity index (χ0n) is 7.75. The van der Waals surface area contributed by atoms with Gasteiger partial charge in [-0.1, -0.05) is 0 Å². The quantitative estimate of drug-likeness (QED) is 0.677. The van der Waals surface area contributed by atoms with Crippen molar-refractivity contribution < 1.29 is 18.7 Å². The zero-order valence-corrected chi connectivity index (χ0v) is 9.90. The van der Waals surface area contributed by atoms with Gasteiger partial charge in [-0.2, -0.15) is 5.26 Å². The SMILES string of the molecule is N#Cc1nc(I)c(C(F)F)cc1CC(=O)O. The lowest BCUT2D eigenvalue weighted by molar-refractivity contribution is -0.136. The highest BCUT2D eigenvalue weighted by Crippen LogP contribution is 2.25. The third kappa shape index (κ3) is 2.85. The Balaban J connectivity index is 3.30.